The highest BCUT2D eigenvalue weighted by atomic mass is 19.4. The summed E-state index contributed by atoms with van der Waals surface area (Å²) < 4.78 is 56.6. The summed E-state index contributed by atoms with van der Waals surface area (Å²) in [7, 11) is 2.96. The number of amides is 1. The van der Waals surface area contributed by atoms with Crippen molar-refractivity contribution < 1.29 is 32.2 Å². The zero-order valence-electron chi connectivity index (χ0n) is 17.4. The van der Waals surface area contributed by atoms with Gasteiger partial charge in [0.1, 0.15) is 23.1 Å². The molecule has 0 spiro atoms. The van der Waals surface area contributed by atoms with Gasteiger partial charge in [0.05, 0.1) is 14.2 Å². The van der Waals surface area contributed by atoms with Gasteiger partial charge in [0.15, 0.2) is 0 Å². The lowest BCUT2D eigenvalue weighted by molar-refractivity contribution is -0.194. The number of likely N-dealkylation sites (tertiary alicyclic amines) is 1. The van der Waals surface area contributed by atoms with E-state index in [-0.39, 0.29) is 25.9 Å². The van der Waals surface area contributed by atoms with Crippen LogP contribution in [0.15, 0.2) is 18.2 Å². The van der Waals surface area contributed by atoms with E-state index in [0.717, 1.165) is 0 Å². The van der Waals surface area contributed by atoms with Gasteiger partial charge in [-0.2, -0.15) is 13.2 Å². The number of halogens is 3. The molecule has 0 aromatic heterocycles. The molecule has 9 heteroatoms. The normalized spacial score (nSPS) is 20.8. The van der Waals surface area contributed by atoms with E-state index in [4.69, 9.17) is 14.2 Å². The van der Waals surface area contributed by atoms with Gasteiger partial charge in [-0.05, 0) is 51.8 Å². The van der Waals surface area contributed by atoms with Crippen molar-refractivity contribution in [1.29, 1.82) is 0 Å². The van der Waals surface area contributed by atoms with Gasteiger partial charge in [0.2, 0.25) is 0 Å². The van der Waals surface area contributed by atoms with Crippen molar-refractivity contribution in [3.8, 4) is 11.5 Å². The van der Waals surface area contributed by atoms with Crippen LogP contribution in [0.1, 0.15) is 39.2 Å². The Labute approximate surface area is 169 Å². The average molecular weight is 418 g/mol. The highest BCUT2D eigenvalue weighted by molar-refractivity contribution is 5.68. The van der Waals surface area contributed by atoms with E-state index >= 15 is 0 Å². The molecule has 1 heterocycles. The van der Waals surface area contributed by atoms with Crippen molar-refractivity contribution >= 4 is 6.09 Å². The van der Waals surface area contributed by atoms with Crippen molar-refractivity contribution in [2.45, 2.75) is 64.0 Å². The van der Waals surface area contributed by atoms with Crippen molar-refractivity contribution in [1.82, 2.24) is 10.2 Å². The predicted molar refractivity (Wildman–Crippen MR) is 102 cm³/mol. The molecule has 0 unspecified atom stereocenters. The number of alkyl halides is 3. The predicted octanol–water partition coefficient (Wildman–Crippen LogP) is 4.12. The van der Waals surface area contributed by atoms with E-state index in [9.17, 15) is 18.0 Å². The molecule has 6 nitrogen and oxygen atoms in total. The fourth-order valence-electron chi connectivity index (χ4n) is 3.40. The lowest BCUT2D eigenvalue weighted by Gasteiger charge is -2.40. The molecule has 164 valence electrons. The van der Waals surface area contributed by atoms with E-state index in [1.54, 1.807) is 39.0 Å². The van der Waals surface area contributed by atoms with Crippen molar-refractivity contribution in [3.63, 3.8) is 0 Å². The molecular formula is C20H29F3N2O4. The van der Waals surface area contributed by atoms with Crippen LogP contribution in [0, 0.1) is 0 Å². The maximum Gasteiger partial charge on any atom is 0.407 e. The van der Waals surface area contributed by atoms with Gasteiger partial charge in [-0.15, -0.1) is 0 Å². The molecule has 1 aromatic rings. The number of alkyl carbamates (subject to hydrolysis) is 1. The zero-order chi connectivity index (χ0) is 21.8. The highest BCUT2D eigenvalue weighted by Gasteiger charge is 2.46. The summed E-state index contributed by atoms with van der Waals surface area (Å²) in [4.78, 5) is 13.4. The molecule has 0 aliphatic carbocycles. The number of carbonyl (C=O) groups excluding carboxylic acids is 1. The summed E-state index contributed by atoms with van der Waals surface area (Å²) >= 11 is 0. The molecular weight excluding hydrogens is 389 g/mol. The summed E-state index contributed by atoms with van der Waals surface area (Å²) in [6.45, 7) is 5.25. The highest BCUT2D eigenvalue weighted by Crippen LogP contribution is 2.35. The first-order chi connectivity index (χ1) is 13.4. The zero-order valence-corrected chi connectivity index (χ0v) is 17.4. The minimum absolute atomic E-state index is 0.0110. The van der Waals surface area contributed by atoms with Crippen LogP contribution in [0.5, 0.6) is 11.5 Å². The Morgan fingerprint density at radius 3 is 2.41 bits per heavy atom. The number of hydrogen-bond acceptors (Lipinski definition) is 5. The average Bonchev–Trinajstić information content (AvgIpc) is 2.59. The molecule has 1 aliphatic rings. The number of nitrogens with one attached hydrogen (secondary N) is 1. The van der Waals surface area contributed by atoms with Crippen LogP contribution in [-0.4, -0.2) is 55.6 Å². The van der Waals surface area contributed by atoms with E-state index in [0.29, 0.717) is 17.1 Å². The van der Waals surface area contributed by atoms with Crippen LogP contribution in [-0.2, 0) is 11.3 Å². The first-order valence-corrected chi connectivity index (χ1v) is 9.44. The third-order valence-electron chi connectivity index (χ3n) is 4.64. The molecule has 1 saturated heterocycles. The van der Waals surface area contributed by atoms with E-state index in [1.165, 1.54) is 19.1 Å². The van der Waals surface area contributed by atoms with Gasteiger partial charge in [-0.25, -0.2) is 4.79 Å². The number of benzene rings is 1. The SMILES string of the molecule is COc1ccc(OC)c(CN2C[C@@H](NC(=O)OC(C)(C)C)CC[C@@H]2C(F)(F)F)c1. The molecule has 1 N–H and O–H groups in total. The number of methoxy groups -OCH3 is 2. The lowest BCUT2D eigenvalue weighted by atomic mass is 9.96. The fraction of sp³-hybridized carbons (Fsp3) is 0.650. The Morgan fingerprint density at radius 2 is 1.86 bits per heavy atom. The summed E-state index contributed by atoms with van der Waals surface area (Å²) in [6, 6.07) is 2.97. The second kappa shape index (κ2) is 9.11. The van der Waals surface area contributed by atoms with Gasteiger partial charge in [-0.3, -0.25) is 4.90 Å². The van der Waals surface area contributed by atoms with Crippen molar-refractivity contribution in [3.05, 3.63) is 23.8 Å². The maximum absolute atomic E-state index is 13.6. The molecule has 2 rings (SSSR count). The first-order valence-electron chi connectivity index (χ1n) is 9.44. The minimum Gasteiger partial charge on any atom is -0.497 e. The molecule has 1 aliphatic heterocycles. The Kier molecular flexibility index (Phi) is 7.26. The van der Waals surface area contributed by atoms with Crippen LogP contribution in [0.25, 0.3) is 0 Å². The van der Waals surface area contributed by atoms with Crippen LogP contribution in [0.4, 0.5) is 18.0 Å². The van der Waals surface area contributed by atoms with Crippen LogP contribution in [0.2, 0.25) is 0 Å². The Morgan fingerprint density at radius 1 is 1.17 bits per heavy atom. The summed E-state index contributed by atoms with van der Waals surface area (Å²) in [5.41, 5.74) is -0.0972. The van der Waals surface area contributed by atoms with Crippen LogP contribution < -0.4 is 14.8 Å². The number of ether oxygens (including phenoxy) is 3. The summed E-state index contributed by atoms with van der Waals surface area (Å²) in [6.07, 6.45) is -4.90. The smallest absolute Gasteiger partial charge is 0.407 e. The fourth-order valence-corrected chi connectivity index (χ4v) is 3.40. The number of hydrogen-bond donors (Lipinski definition) is 1. The second-order valence-electron chi connectivity index (χ2n) is 8.09. The van der Waals surface area contributed by atoms with Crippen LogP contribution in [0.3, 0.4) is 0 Å². The Hall–Kier alpha value is -2.16. The molecule has 0 saturated carbocycles. The topological polar surface area (TPSA) is 60.0 Å². The largest absolute Gasteiger partial charge is 0.497 e. The number of carbonyl (C=O) groups is 1. The minimum atomic E-state index is -4.37. The van der Waals surface area contributed by atoms with E-state index in [1.807, 2.05) is 0 Å². The van der Waals surface area contributed by atoms with Gasteiger partial charge < -0.3 is 19.5 Å². The van der Waals surface area contributed by atoms with Gasteiger partial charge in [-0.1, -0.05) is 0 Å². The Bertz CT molecular complexity index is 704. The monoisotopic (exact) mass is 418 g/mol. The second-order valence-corrected chi connectivity index (χ2v) is 8.09. The number of piperidine rings is 1. The van der Waals surface area contributed by atoms with E-state index < -0.39 is 30.0 Å². The lowest BCUT2D eigenvalue weighted by Crippen LogP contribution is -2.56. The Balaban J connectivity index is 2.19. The van der Waals surface area contributed by atoms with Crippen molar-refractivity contribution in [2.75, 3.05) is 20.8 Å². The molecule has 1 aromatic carbocycles. The first kappa shape index (κ1) is 23.1. The van der Waals surface area contributed by atoms with Gasteiger partial charge in [0, 0.05) is 24.7 Å². The summed E-state index contributed by atoms with van der Waals surface area (Å²) in [5, 5.41) is 2.69. The van der Waals surface area contributed by atoms with Crippen LogP contribution >= 0.6 is 0 Å². The molecule has 1 fully saturated rings. The van der Waals surface area contributed by atoms with Gasteiger partial charge >= 0.3 is 12.3 Å². The third kappa shape index (κ3) is 6.69. The molecule has 0 bridgehead atoms. The summed E-state index contributed by atoms with van der Waals surface area (Å²) in [5.74, 6) is 1.01. The molecule has 1 amide bonds. The van der Waals surface area contributed by atoms with Crippen molar-refractivity contribution in [2.24, 2.45) is 0 Å². The quantitative estimate of drug-likeness (QED) is 0.779. The number of nitrogens with zero attached hydrogens (tertiary/aromatic N) is 1. The molecule has 29 heavy (non-hydrogen) atoms. The van der Waals surface area contributed by atoms with Gasteiger partial charge in [0.25, 0.3) is 0 Å². The molecule has 0 radical (unpaired) electrons. The maximum atomic E-state index is 13.6. The molecule has 2 atom stereocenters. The standard InChI is InChI=1S/C20H29F3N2O4/c1-19(2,3)29-18(26)24-14-6-9-17(20(21,22)23)25(12-14)11-13-10-15(27-4)7-8-16(13)28-5/h7-8,10,14,17H,6,9,11-12H2,1-5H3,(H,24,26)/t14-,17+/m0/s1. The third-order valence-corrected chi connectivity index (χ3v) is 4.64. The number of rotatable bonds is 5. The van der Waals surface area contributed by atoms with E-state index in [2.05, 4.69) is 5.32 Å².